The highest BCUT2D eigenvalue weighted by atomic mass is 32.2. The lowest BCUT2D eigenvalue weighted by Crippen LogP contribution is -2.43. The van der Waals surface area contributed by atoms with Gasteiger partial charge in [-0.3, -0.25) is 4.79 Å². The zero-order valence-electron chi connectivity index (χ0n) is 18.6. The van der Waals surface area contributed by atoms with Gasteiger partial charge in [-0.1, -0.05) is 12.8 Å². The summed E-state index contributed by atoms with van der Waals surface area (Å²) in [6.07, 6.45) is 4.93. The maximum Gasteiger partial charge on any atom is 0.326 e. The van der Waals surface area contributed by atoms with Crippen molar-refractivity contribution >= 4 is 17.7 Å². The first-order chi connectivity index (χ1) is 15.1. The van der Waals surface area contributed by atoms with E-state index >= 15 is 0 Å². The van der Waals surface area contributed by atoms with Crippen LogP contribution in [0.4, 0.5) is 0 Å². The standard InChI is InChI=1S/C20H42N4O6S/c21-17-16-31-18(20(17)22)4-2-1-3-6-24-7-9-27-11-13-29-15-14-28-12-10-26-8-5-19(25)30-23/h17-18,20,24H,1-16,21-23H2. The summed E-state index contributed by atoms with van der Waals surface area (Å²) in [6.45, 7) is 5.81. The van der Waals surface area contributed by atoms with Crippen molar-refractivity contribution in [1.29, 1.82) is 0 Å². The van der Waals surface area contributed by atoms with Gasteiger partial charge in [0.2, 0.25) is 0 Å². The maximum atomic E-state index is 10.8. The number of carbonyl (C=O) groups excluding carboxylic acids is 1. The average Bonchev–Trinajstić information content (AvgIpc) is 3.09. The molecule has 3 atom stereocenters. The second kappa shape index (κ2) is 20.1. The summed E-state index contributed by atoms with van der Waals surface area (Å²) >= 11 is 1.93. The maximum absolute atomic E-state index is 10.8. The van der Waals surface area contributed by atoms with Gasteiger partial charge in [0.15, 0.2) is 0 Å². The Morgan fingerprint density at radius 2 is 1.45 bits per heavy atom. The van der Waals surface area contributed by atoms with Crippen molar-refractivity contribution in [3.63, 3.8) is 0 Å². The molecule has 0 aromatic carbocycles. The minimum atomic E-state index is -0.492. The van der Waals surface area contributed by atoms with Gasteiger partial charge in [0.25, 0.3) is 0 Å². The van der Waals surface area contributed by atoms with Crippen LogP contribution >= 0.6 is 11.8 Å². The fraction of sp³-hybridized carbons (Fsp3) is 0.950. The summed E-state index contributed by atoms with van der Waals surface area (Å²) in [6, 6.07) is 0.335. The highest BCUT2D eigenvalue weighted by Gasteiger charge is 2.30. The highest BCUT2D eigenvalue weighted by Crippen LogP contribution is 2.28. The van der Waals surface area contributed by atoms with Gasteiger partial charge < -0.3 is 40.6 Å². The van der Waals surface area contributed by atoms with Crippen molar-refractivity contribution in [3.8, 4) is 0 Å². The Morgan fingerprint density at radius 1 is 0.839 bits per heavy atom. The van der Waals surface area contributed by atoms with Crippen LogP contribution in [0.2, 0.25) is 0 Å². The Kier molecular flexibility index (Phi) is 18.5. The molecule has 0 bridgehead atoms. The molecule has 0 radical (unpaired) electrons. The molecule has 1 saturated heterocycles. The first-order valence-electron chi connectivity index (χ1n) is 11.2. The number of thioether (sulfide) groups is 1. The zero-order valence-corrected chi connectivity index (χ0v) is 19.5. The van der Waals surface area contributed by atoms with Crippen molar-refractivity contribution in [2.75, 3.05) is 71.7 Å². The van der Waals surface area contributed by atoms with Gasteiger partial charge >= 0.3 is 5.97 Å². The predicted molar refractivity (Wildman–Crippen MR) is 122 cm³/mol. The van der Waals surface area contributed by atoms with Crippen molar-refractivity contribution in [1.82, 2.24) is 5.32 Å². The van der Waals surface area contributed by atoms with Gasteiger partial charge in [-0.2, -0.15) is 17.7 Å². The molecule has 3 unspecified atom stereocenters. The van der Waals surface area contributed by atoms with E-state index in [1.54, 1.807) is 0 Å². The van der Waals surface area contributed by atoms with Crippen LogP contribution in [0.15, 0.2) is 0 Å². The summed E-state index contributed by atoms with van der Waals surface area (Å²) < 4.78 is 21.5. The van der Waals surface area contributed by atoms with Crippen LogP contribution in [0.3, 0.4) is 0 Å². The molecule has 0 aromatic rings. The SMILES string of the molecule is NOC(=O)CCOCCOCCOCCOCCNCCCCCC1SCC(N)C1N. The third kappa shape index (κ3) is 15.9. The van der Waals surface area contributed by atoms with Crippen molar-refractivity contribution in [2.45, 2.75) is 49.4 Å². The Morgan fingerprint density at radius 3 is 2.03 bits per heavy atom. The molecule has 0 aromatic heterocycles. The average molecular weight is 467 g/mol. The van der Waals surface area contributed by atoms with E-state index < -0.39 is 5.97 Å². The van der Waals surface area contributed by atoms with Gasteiger partial charge in [0.1, 0.15) is 0 Å². The van der Waals surface area contributed by atoms with Crippen molar-refractivity contribution in [3.05, 3.63) is 0 Å². The molecule has 10 nitrogen and oxygen atoms in total. The van der Waals surface area contributed by atoms with E-state index in [9.17, 15) is 4.79 Å². The first kappa shape index (κ1) is 28.5. The Hall–Kier alpha value is -0.500. The second-order valence-corrected chi connectivity index (χ2v) is 8.67. The fourth-order valence-corrected chi connectivity index (χ4v) is 4.48. The van der Waals surface area contributed by atoms with E-state index in [1.165, 1.54) is 25.7 Å². The molecule has 1 rings (SSSR count). The fourth-order valence-electron chi connectivity index (χ4n) is 3.03. The molecule has 1 fully saturated rings. The third-order valence-corrected chi connectivity index (χ3v) is 6.45. The van der Waals surface area contributed by atoms with Crippen LogP contribution in [0, 0.1) is 0 Å². The normalized spacial score (nSPS) is 20.9. The number of unbranched alkanes of at least 4 members (excludes halogenated alkanes) is 2. The van der Waals surface area contributed by atoms with Gasteiger partial charge in [-0.25, -0.2) is 0 Å². The molecule has 31 heavy (non-hydrogen) atoms. The largest absolute Gasteiger partial charge is 0.378 e. The molecule has 0 amide bonds. The Bertz CT molecular complexity index is 438. The minimum Gasteiger partial charge on any atom is -0.378 e. The van der Waals surface area contributed by atoms with E-state index in [0.29, 0.717) is 51.5 Å². The van der Waals surface area contributed by atoms with E-state index in [2.05, 4.69) is 10.2 Å². The first-order valence-corrected chi connectivity index (χ1v) is 12.2. The molecule has 0 spiro atoms. The molecule has 7 N–H and O–H groups in total. The summed E-state index contributed by atoms with van der Waals surface area (Å²) in [5.41, 5.74) is 12.1. The lowest BCUT2D eigenvalue weighted by atomic mass is 10.0. The number of nitrogens with two attached hydrogens (primary N) is 3. The number of ether oxygens (including phenoxy) is 4. The quantitative estimate of drug-likeness (QED) is 0.131. The summed E-state index contributed by atoms with van der Waals surface area (Å²) in [7, 11) is 0. The van der Waals surface area contributed by atoms with Gasteiger partial charge in [0.05, 0.1) is 59.3 Å². The smallest absolute Gasteiger partial charge is 0.326 e. The van der Waals surface area contributed by atoms with Gasteiger partial charge in [-0.15, -0.1) is 0 Å². The van der Waals surface area contributed by atoms with Crippen LogP contribution in [-0.4, -0.2) is 95.0 Å². The monoisotopic (exact) mass is 466 g/mol. The molecule has 184 valence electrons. The molecular weight excluding hydrogens is 424 g/mol. The van der Waals surface area contributed by atoms with Gasteiger partial charge in [-0.05, 0) is 19.4 Å². The Labute approximate surface area is 190 Å². The van der Waals surface area contributed by atoms with Crippen LogP contribution in [0.1, 0.15) is 32.1 Å². The highest BCUT2D eigenvalue weighted by molar-refractivity contribution is 8.00. The van der Waals surface area contributed by atoms with Crippen LogP contribution in [0.25, 0.3) is 0 Å². The number of hydrogen-bond acceptors (Lipinski definition) is 11. The van der Waals surface area contributed by atoms with Crippen LogP contribution < -0.4 is 22.7 Å². The topological polar surface area (TPSA) is 153 Å². The number of rotatable bonds is 21. The molecular formula is C20H42N4O6S. The van der Waals surface area contributed by atoms with Crippen LogP contribution in [-0.2, 0) is 28.6 Å². The molecule has 1 aliphatic heterocycles. The summed E-state index contributed by atoms with van der Waals surface area (Å²) in [5, 5.41) is 3.94. The van der Waals surface area contributed by atoms with Crippen LogP contribution in [0.5, 0.6) is 0 Å². The lowest BCUT2D eigenvalue weighted by molar-refractivity contribution is -0.145. The van der Waals surface area contributed by atoms with E-state index in [0.717, 1.165) is 18.8 Å². The molecule has 11 heteroatoms. The molecule has 0 saturated carbocycles. The van der Waals surface area contributed by atoms with Gasteiger partial charge in [0, 0.05) is 29.6 Å². The third-order valence-electron chi connectivity index (χ3n) is 4.89. The summed E-state index contributed by atoms with van der Waals surface area (Å²) in [4.78, 5) is 14.8. The van der Waals surface area contributed by atoms with E-state index in [-0.39, 0.29) is 25.1 Å². The predicted octanol–water partition coefficient (Wildman–Crippen LogP) is -0.220. The van der Waals surface area contributed by atoms with E-state index in [1.807, 2.05) is 11.8 Å². The molecule has 0 aliphatic carbocycles. The second-order valence-electron chi connectivity index (χ2n) is 7.40. The number of nitrogens with one attached hydrogen (secondary N) is 1. The minimum absolute atomic E-state index is 0.139. The van der Waals surface area contributed by atoms with Crippen molar-refractivity contribution in [2.24, 2.45) is 17.4 Å². The van der Waals surface area contributed by atoms with E-state index in [4.69, 9.17) is 36.3 Å². The Balaban J connectivity index is 1.68. The zero-order chi connectivity index (χ0) is 22.6. The number of hydrogen-bond donors (Lipinski definition) is 4. The molecule has 1 heterocycles. The summed E-state index contributed by atoms with van der Waals surface area (Å²) in [5.74, 6) is 5.22. The lowest BCUT2D eigenvalue weighted by Gasteiger charge is -2.16. The number of carbonyl (C=O) groups is 1. The molecule has 1 aliphatic rings. The van der Waals surface area contributed by atoms with Crippen molar-refractivity contribution < 1.29 is 28.6 Å².